The van der Waals surface area contributed by atoms with Crippen molar-refractivity contribution in [2.24, 2.45) is 0 Å². The van der Waals surface area contributed by atoms with Gasteiger partial charge in [0.2, 0.25) is 0 Å². The molecule has 2 aromatic carbocycles. The fourth-order valence-electron chi connectivity index (χ4n) is 2.87. The maximum atomic E-state index is 14.0. The van der Waals surface area contributed by atoms with Crippen molar-refractivity contribution < 1.29 is 23.1 Å². The van der Waals surface area contributed by atoms with Crippen molar-refractivity contribution in [3.8, 4) is 0 Å². The summed E-state index contributed by atoms with van der Waals surface area (Å²) in [6.07, 6.45) is 0.639. The molecule has 0 spiro atoms. The molecule has 3 rings (SSSR count). The number of hydrogen-bond acceptors (Lipinski definition) is 5. The molecule has 1 aromatic heterocycles. The van der Waals surface area contributed by atoms with Gasteiger partial charge in [0.15, 0.2) is 17.1 Å². The Bertz CT molecular complexity index is 1140. The zero-order valence-corrected chi connectivity index (χ0v) is 16.3. The molecular formula is C21H17F2NO4S. The van der Waals surface area contributed by atoms with Crippen LogP contribution in [0.1, 0.15) is 22.8 Å². The van der Waals surface area contributed by atoms with Gasteiger partial charge in [-0.1, -0.05) is 18.2 Å². The van der Waals surface area contributed by atoms with Gasteiger partial charge < -0.3 is 9.30 Å². The number of carbonyl (C=O) groups is 2. The van der Waals surface area contributed by atoms with Gasteiger partial charge in [0.05, 0.1) is 17.1 Å². The van der Waals surface area contributed by atoms with E-state index in [2.05, 4.69) is 0 Å². The van der Waals surface area contributed by atoms with Crippen LogP contribution in [0.25, 0.3) is 10.9 Å². The van der Waals surface area contributed by atoms with Crippen LogP contribution in [0.5, 0.6) is 0 Å². The van der Waals surface area contributed by atoms with Gasteiger partial charge in [-0.2, -0.15) is 0 Å². The fraction of sp³-hybridized carbons (Fsp3) is 0.190. The summed E-state index contributed by atoms with van der Waals surface area (Å²) in [5.74, 6) is -2.39. The van der Waals surface area contributed by atoms with E-state index in [0.29, 0.717) is 27.8 Å². The summed E-state index contributed by atoms with van der Waals surface area (Å²) >= 11 is 1.09. The predicted molar refractivity (Wildman–Crippen MR) is 106 cm³/mol. The molecule has 0 aliphatic carbocycles. The lowest BCUT2D eigenvalue weighted by atomic mass is 10.1. The van der Waals surface area contributed by atoms with Crippen molar-refractivity contribution in [1.29, 1.82) is 0 Å². The number of nitrogens with zero attached hydrogens (tertiary/aromatic N) is 1. The SMILES string of the molecule is CCOC(=O)Cn1c(SCc2cccc(F)c2F)cc(=O)c2ccc(C=O)cc21. The van der Waals surface area contributed by atoms with Crippen molar-refractivity contribution >= 4 is 34.9 Å². The molecule has 0 unspecified atom stereocenters. The monoisotopic (exact) mass is 417 g/mol. The summed E-state index contributed by atoms with van der Waals surface area (Å²) in [5.41, 5.74) is 0.553. The van der Waals surface area contributed by atoms with Crippen LogP contribution in [0.3, 0.4) is 0 Å². The average Bonchev–Trinajstić information content (AvgIpc) is 2.71. The van der Waals surface area contributed by atoms with Crippen LogP contribution in [0.15, 0.2) is 52.3 Å². The minimum atomic E-state index is -0.957. The van der Waals surface area contributed by atoms with Gasteiger partial charge in [0, 0.05) is 28.3 Å². The maximum Gasteiger partial charge on any atom is 0.325 e. The summed E-state index contributed by atoms with van der Waals surface area (Å²) in [6, 6.07) is 9.75. The van der Waals surface area contributed by atoms with Crippen molar-refractivity contribution in [1.82, 2.24) is 4.57 Å². The second kappa shape index (κ2) is 9.00. The molecule has 29 heavy (non-hydrogen) atoms. The van der Waals surface area contributed by atoms with Gasteiger partial charge in [-0.05, 0) is 25.1 Å². The van der Waals surface area contributed by atoms with E-state index < -0.39 is 17.6 Å². The lowest BCUT2D eigenvalue weighted by Gasteiger charge is -2.16. The molecule has 5 nitrogen and oxygen atoms in total. The first-order valence-corrected chi connectivity index (χ1v) is 9.77. The molecule has 3 aromatic rings. The molecule has 0 saturated heterocycles. The number of fused-ring (bicyclic) bond motifs is 1. The molecule has 8 heteroatoms. The summed E-state index contributed by atoms with van der Waals surface area (Å²) in [7, 11) is 0. The van der Waals surface area contributed by atoms with Crippen molar-refractivity contribution in [2.45, 2.75) is 24.2 Å². The van der Waals surface area contributed by atoms with E-state index in [9.17, 15) is 23.2 Å². The lowest BCUT2D eigenvalue weighted by molar-refractivity contribution is -0.143. The first kappa shape index (κ1) is 20.7. The van der Waals surface area contributed by atoms with E-state index in [1.54, 1.807) is 11.5 Å². The molecule has 0 bridgehead atoms. The molecular weight excluding hydrogens is 400 g/mol. The number of benzene rings is 2. The number of hydrogen-bond donors (Lipinski definition) is 0. The van der Waals surface area contributed by atoms with Crippen LogP contribution in [0.4, 0.5) is 8.78 Å². The van der Waals surface area contributed by atoms with Gasteiger partial charge in [0.25, 0.3) is 0 Å². The normalized spacial score (nSPS) is 10.9. The van der Waals surface area contributed by atoms with Crippen LogP contribution < -0.4 is 5.43 Å². The van der Waals surface area contributed by atoms with Gasteiger partial charge in [-0.15, -0.1) is 11.8 Å². The number of rotatable bonds is 7. The van der Waals surface area contributed by atoms with E-state index in [0.717, 1.165) is 17.8 Å². The Morgan fingerprint density at radius 2 is 2.00 bits per heavy atom. The fourth-order valence-corrected chi connectivity index (χ4v) is 3.91. The number of thioether (sulfide) groups is 1. The van der Waals surface area contributed by atoms with Gasteiger partial charge in [-0.25, -0.2) is 8.78 Å². The third-order valence-electron chi connectivity index (χ3n) is 4.23. The number of aldehydes is 1. The number of carbonyl (C=O) groups excluding carboxylic acids is 2. The second-order valence-electron chi connectivity index (χ2n) is 6.13. The Hall–Kier alpha value is -3.00. The maximum absolute atomic E-state index is 14.0. The highest BCUT2D eigenvalue weighted by Crippen LogP contribution is 2.27. The molecule has 0 atom stereocenters. The van der Waals surface area contributed by atoms with Gasteiger partial charge in [0.1, 0.15) is 12.8 Å². The highest BCUT2D eigenvalue weighted by Gasteiger charge is 2.15. The molecule has 0 fully saturated rings. The molecule has 1 heterocycles. The third kappa shape index (κ3) is 4.54. The standard InChI is InChI=1S/C21H17F2NO4S/c1-2-28-20(27)10-24-17-8-13(11-25)6-7-15(17)18(26)9-19(24)29-12-14-4-3-5-16(22)21(14)23/h3-9,11H,2,10,12H2,1H3. The van der Waals surface area contributed by atoms with Gasteiger partial charge in [-0.3, -0.25) is 14.4 Å². The van der Waals surface area contributed by atoms with Crippen molar-refractivity contribution in [2.75, 3.05) is 6.61 Å². The van der Waals surface area contributed by atoms with Crippen molar-refractivity contribution in [3.05, 3.63) is 75.4 Å². The molecule has 150 valence electrons. The molecule has 0 radical (unpaired) electrons. The van der Waals surface area contributed by atoms with Crippen LogP contribution >= 0.6 is 11.8 Å². The summed E-state index contributed by atoms with van der Waals surface area (Å²) < 4.78 is 34.0. The Kier molecular flexibility index (Phi) is 6.43. The Labute approximate surface area is 169 Å². The Morgan fingerprint density at radius 3 is 2.72 bits per heavy atom. The topological polar surface area (TPSA) is 65.4 Å². The third-order valence-corrected chi connectivity index (χ3v) is 5.32. The summed E-state index contributed by atoms with van der Waals surface area (Å²) in [6.45, 7) is 1.67. The summed E-state index contributed by atoms with van der Waals surface area (Å²) in [4.78, 5) is 35.8. The second-order valence-corrected chi connectivity index (χ2v) is 7.13. The number of ether oxygens (including phenoxy) is 1. The van der Waals surface area contributed by atoms with E-state index in [1.807, 2.05) is 0 Å². The first-order valence-electron chi connectivity index (χ1n) is 8.78. The quantitative estimate of drug-likeness (QED) is 0.331. The minimum Gasteiger partial charge on any atom is -0.465 e. The Morgan fingerprint density at radius 1 is 1.21 bits per heavy atom. The zero-order chi connectivity index (χ0) is 21.0. The zero-order valence-electron chi connectivity index (χ0n) is 15.5. The van der Waals surface area contributed by atoms with Crippen LogP contribution in [-0.4, -0.2) is 23.4 Å². The number of esters is 1. The van der Waals surface area contributed by atoms with E-state index in [1.165, 1.54) is 36.4 Å². The highest BCUT2D eigenvalue weighted by atomic mass is 32.2. The van der Waals surface area contributed by atoms with Crippen LogP contribution in [0.2, 0.25) is 0 Å². The molecule has 0 saturated carbocycles. The molecule has 0 aliphatic heterocycles. The van der Waals surface area contributed by atoms with E-state index in [4.69, 9.17) is 4.74 Å². The summed E-state index contributed by atoms with van der Waals surface area (Å²) in [5, 5.41) is 0.712. The van der Waals surface area contributed by atoms with E-state index >= 15 is 0 Å². The van der Waals surface area contributed by atoms with Gasteiger partial charge >= 0.3 is 5.97 Å². The largest absolute Gasteiger partial charge is 0.465 e. The smallest absolute Gasteiger partial charge is 0.325 e. The Balaban J connectivity index is 2.08. The average molecular weight is 417 g/mol. The highest BCUT2D eigenvalue weighted by molar-refractivity contribution is 7.98. The van der Waals surface area contributed by atoms with E-state index in [-0.39, 0.29) is 29.9 Å². The molecule has 0 amide bonds. The van der Waals surface area contributed by atoms with Crippen molar-refractivity contribution in [3.63, 3.8) is 0 Å². The number of halogens is 2. The number of pyridine rings is 1. The molecule has 0 aliphatic rings. The molecule has 0 N–H and O–H groups in total. The number of aromatic nitrogens is 1. The van der Waals surface area contributed by atoms with Crippen LogP contribution in [-0.2, 0) is 21.8 Å². The minimum absolute atomic E-state index is 0.0464. The first-order chi connectivity index (χ1) is 13.9. The predicted octanol–water partition coefficient (Wildman–Crippen LogP) is 3.95. The van der Waals surface area contributed by atoms with Crippen LogP contribution in [0, 0.1) is 11.6 Å². The lowest BCUT2D eigenvalue weighted by Crippen LogP contribution is -2.18.